The first-order valence-corrected chi connectivity index (χ1v) is 7.11. The van der Waals surface area contributed by atoms with Crippen LogP contribution in [0.5, 0.6) is 11.6 Å². The van der Waals surface area contributed by atoms with Crippen molar-refractivity contribution >= 4 is 5.82 Å². The molecule has 2 N–H and O–H groups in total. The van der Waals surface area contributed by atoms with E-state index in [1.807, 2.05) is 12.1 Å². The number of aryl methyl sites for hydroxylation is 2. The fourth-order valence-electron chi connectivity index (χ4n) is 2.01. The van der Waals surface area contributed by atoms with Gasteiger partial charge in [-0.2, -0.15) is 4.98 Å². The Morgan fingerprint density at radius 2 is 1.70 bits per heavy atom. The molecule has 0 fully saturated rings. The SMILES string of the molecule is CCCc1ccc(Oc2cc(N)nc(CCC)n2)cc1. The number of rotatable bonds is 6. The molecule has 0 aliphatic rings. The van der Waals surface area contributed by atoms with Crippen molar-refractivity contribution in [3.63, 3.8) is 0 Å². The lowest BCUT2D eigenvalue weighted by Gasteiger charge is -2.08. The van der Waals surface area contributed by atoms with Crippen LogP contribution in [0.1, 0.15) is 38.1 Å². The number of hydrogen-bond acceptors (Lipinski definition) is 4. The zero-order valence-corrected chi connectivity index (χ0v) is 12.1. The Bertz CT molecular complexity index is 552. The number of nitrogens with zero attached hydrogens (tertiary/aromatic N) is 2. The van der Waals surface area contributed by atoms with Crippen molar-refractivity contribution in [2.24, 2.45) is 0 Å². The van der Waals surface area contributed by atoms with Gasteiger partial charge >= 0.3 is 0 Å². The van der Waals surface area contributed by atoms with E-state index in [2.05, 4.69) is 35.9 Å². The first-order chi connectivity index (χ1) is 9.71. The lowest BCUT2D eigenvalue weighted by Crippen LogP contribution is -2.01. The Morgan fingerprint density at radius 1 is 1.00 bits per heavy atom. The van der Waals surface area contributed by atoms with Gasteiger partial charge in [0, 0.05) is 12.5 Å². The lowest BCUT2D eigenvalue weighted by molar-refractivity contribution is 0.458. The minimum Gasteiger partial charge on any atom is -0.439 e. The minimum atomic E-state index is 0.445. The Balaban J connectivity index is 2.12. The summed E-state index contributed by atoms with van der Waals surface area (Å²) in [6, 6.07) is 9.73. The predicted octanol–water partition coefficient (Wildman–Crippen LogP) is 3.76. The molecule has 0 saturated heterocycles. The van der Waals surface area contributed by atoms with Gasteiger partial charge in [-0.25, -0.2) is 4.98 Å². The number of nitrogen functional groups attached to an aromatic ring is 1. The topological polar surface area (TPSA) is 61.0 Å². The van der Waals surface area contributed by atoms with Gasteiger partial charge < -0.3 is 10.5 Å². The zero-order chi connectivity index (χ0) is 14.4. The summed E-state index contributed by atoms with van der Waals surface area (Å²) in [6.07, 6.45) is 4.01. The number of nitrogens with two attached hydrogens (primary N) is 1. The highest BCUT2D eigenvalue weighted by molar-refractivity contribution is 5.36. The van der Waals surface area contributed by atoms with Gasteiger partial charge in [0.05, 0.1) is 0 Å². The third-order valence-electron chi connectivity index (χ3n) is 2.93. The number of hydrogen-bond donors (Lipinski definition) is 1. The molecule has 106 valence electrons. The van der Waals surface area contributed by atoms with Crippen molar-refractivity contribution in [3.05, 3.63) is 41.7 Å². The summed E-state index contributed by atoms with van der Waals surface area (Å²) < 4.78 is 5.75. The average Bonchev–Trinajstić information content (AvgIpc) is 2.41. The van der Waals surface area contributed by atoms with Gasteiger partial charge in [-0.3, -0.25) is 0 Å². The second-order valence-corrected chi connectivity index (χ2v) is 4.79. The molecule has 20 heavy (non-hydrogen) atoms. The van der Waals surface area contributed by atoms with Crippen molar-refractivity contribution < 1.29 is 4.74 Å². The molecular formula is C16H21N3O. The molecule has 2 aromatic rings. The van der Waals surface area contributed by atoms with Crippen molar-refractivity contribution in [1.29, 1.82) is 0 Å². The van der Waals surface area contributed by atoms with E-state index in [9.17, 15) is 0 Å². The second-order valence-electron chi connectivity index (χ2n) is 4.79. The van der Waals surface area contributed by atoms with Gasteiger partial charge in [0.25, 0.3) is 0 Å². The maximum Gasteiger partial charge on any atom is 0.224 e. The molecule has 0 aliphatic heterocycles. The Morgan fingerprint density at radius 3 is 2.35 bits per heavy atom. The maximum atomic E-state index is 5.78. The van der Waals surface area contributed by atoms with Crippen LogP contribution in [0.25, 0.3) is 0 Å². The number of anilines is 1. The highest BCUT2D eigenvalue weighted by Crippen LogP contribution is 2.22. The molecule has 0 amide bonds. The monoisotopic (exact) mass is 271 g/mol. The van der Waals surface area contributed by atoms with E-state index in [4.69, 9.17) is 10.5 Å². The van der Waals surface area contributed by atoms with Crippen LogP contribution in [-0.4, -0.2) is 9.97 Å². The lowest BCUT2D eigenvalue weighted by atomic mass is 10.1. The van der Waals surface area contributed by atoms with Gasteiger partial charge in [-0.05, 0) is 30.5 Å². The molecular weight excluding hydrogens is 250 g/mol. The smallest absolute Gasteiger partial charge is 0.224 e. The number of aromatic nitrogens is 2. The molecule has 0 radical (unpaired) electrons. The summed E-state index contributed by atoms with van der Waals surface area (Å²) in [6.45, 7) is 4.25. The molecule has 2 rings (SSSR count). The molecule has 0 aliphatic carbocycles. The fraction of sp³-hybridized carbons (Fsp3) is 0.375. The van der Waals surface area contributed by atoms with E-state index >= 15 is 0 Å². The Labute approximate surface area is 120 Å². The first-order valence-electron chi connectivity index (χ1n) is 7.11. The van der Waals surface area contributed by atoms with Gasteiger partial charge in [-0.1, -0.05) is 32.4 Å². The summed E-state index contributed by atoms with van der Waals surface area (Å²) in [5.74, 6) is 2.45. The minimum absolute atomic E-state index is 0.445. The second kappa shape index (κ2) is 6.89. The third kappa shape index (κ3) is 3.95. The van der Waals surface area contributed by atoms with Gasteiger partial charge in [-0.15, -0.1) is 0 Å². The number of benzene rings is 1. The van der Waals surface area contributed by atoms with Crippen molar-refractivity contribution in [2.45, 2.75) is 39.5 Å². The van der Waals surface area contributed by atoms with Crippen LogP contribution >= 0.6 is 0 Å². The molecule has 4 heteroatoms. The van der Waals surface area contributed by atoms with Crippen molar-refractivity contribution in [2.75, 3.05) is 5.73 Å². The summed E-state index contributed by atoms with van der Waals surface area (Å²) in [7, 11) is 0. The largest absolute Gasteiger partial charge is 0.439 e. The van der Waals surface area contributed by atoms with Crippen LogP contribution in [-0.2, 0) is 12.8 Å². The molecule has 1 heterocycles. The van der Waals surface area contributed by atoms with Gasteiger partial charge in [0.15, 0.2) is 0 Å². The predicted molar refractivity (Wildman–Crippen MR) is 81.0 cm³/mol. The van der Waals surface area contributed by atoms with E-state index in [0.29, 0.717) is 11.7 Å². The fourth-order valence-corrected chi connectivity index (χ4v) is 2.01. The van der Waals surface area contributed by atoms with E-state index in [0.717, 1.165) is 37.3 Å². The highest BCUT2D eigenvalue weighted by Gasteiger charge is 2.04. The molecule has 1 aromatic heterocycles. The molecule has 0 atom stereocenters. The van der Waals surface area contributed by atoms with E-state index in [1.165, 1.54) is 5.56 Å². The maximum absolute atomic E-state index is 5.78. The zero-order valence-electron chi connectivity index (χ0n) is 12.1. The van der Waals surface area contributed by atoms with E-state index in [-0.39, 0.29) is 0 Å². The molecule has 0 unspecified atom stereocenters. The molecule has 1 aromatic carbocycles. The van der Waals surface area contributed by atoms with Crippen molar-refractivity contribution in [3.8, 4) is 11.6 Å². The Kier molecular flexibility index (Phi) is 4.93. The molecule has 0 saturated carbocycles. The summed E-state index contributed by atoms with van der Waals surface area (Å²) in [4.78, 5) is 8.55. The molecule has 4 nitrogen and oxygen atoms in total. The summed E-state index contributed by atoms with van der Waals surface area (Å²) in [5.41, 5.74) is 7.09. The van der Waals surface area contributed by atoms with Crippen LogP contribution in [0.15, 0.2) is 30.3 Å². The van der Waals surface area contributed by atoms with Crippen LogP contribution in [0.3, 0.4) is 0 Å². The van der Waals surface area contributed by atoms with E-state index < -0.39 is 0 Å². The molecule has 0 bridgehead atoms. The summed E-state index contributed by atoms with van der Waals surface area (Å²) in [5, 5.41) is 0. The van der Waals surface area contributed by atoms with Crippen LogP contribution < -0.4 is 10.5 Å². The standard InChI is InChI=1S/C16H21N3O/c1-3-5-12-7-9-13(10-8-12)20-16-11-14(17)18-15(19-16)6-4-2/h7-11H,3-6H2,1-2H3,(H2,17,18,19). The first kappa shape index (κ1) is 14.3. The van der Waals surface area contributed by atoms with E-state index in [1.54, 1.807) is 6.07 Å². The highest BCUT2D eigenvalue weighted by atomic mass is 16.5. The Hall–Kier alpha value is -2.10. The quantitative estimate of drug-likeness (QED) is 0.869. The van der Waals surface area contributed by atoms with Crippen LogP contribution in [0.2, 0.25) is 0 Å². The average molecular weight is 271 g/mol. The van der Waals surface area contributed by atoms with Crippen molar-refractivity contribution in [1.82, 2.24) is 9.97 Å². The molecule has 0 spiro atoms. The third-order valence-corrected chi connectivity index (χ3v) is 2.93. The van der Waals surface area contributed by atoms with Gasteiger partial charge in [0.1, 0.15) is 17.4 Å². The van der Waals surface area contributed by atoms with Crippen LogP contribution in [0.4, 0.5) is 5.82 Å². The van der Waals surface area contributed by atoms with Gasteiger partial charge in [0.2, 0.25) is 5.88 Å². The number of ether oxygens (including phenoxy) is 1. The van der Waals surface area contributed by atoms with Crippen LogP contribution in [0, 0.1) is 0 Å². The summed E-state index contributed by atoms with van der Waals surface area (Å²) >= 11 is 0. The normalized spacial score (nSPS) is 10.5.